The summed E-state index contributed by atoms with van der Waals surface area (Å²) in [5.74, 6) is 0.575. The van der Waals surface area contributed by atoms with E-state index < -0.39 is 0 Å². The Bertz CT molecular complexity index is 880. The summed E-state index contributed by atoms with van der Waals surface area (Å²) >= 11 is 1.57. The van der Waals surface area contributed by atoms with Gasteiger partial charge >= 0.3 is 0 Å². The molecule has 0 bridgehead atoms. The van der Waals surface area contributed by atoms with Crippen LogP contribution in [-0.2, 0) is 11.2 Å². The number of amides is 1. The molecular weight excluding hydrogens is 338 g/mol. The fourth-order valence-electron chi connectivity index (χ4n) is 2.81. The van der Waals surface area contributed by atoms with Gasteiger partial charge in [-0.15, -0.1) is 11.3 Å². The van der Waals surface area contributed by atoms with Crippen LogP contribution in [0.5, 0.6) is 0 Å². The van der Waals surface area contributed by atoms with Gasteiger partial charge in [0.1, 0.15) is 0 Å². The van der Waals surface area contributed by atoms with Crippen LogP contribution in [0, 0.1) is 6.92 Å². The molecule has 130 valence electrons. The number of anilines is 2. The number of carbonyl (C=O) groups excluding carboxylic acids is 1. The third-order valence-electron chi connectivity index (χ3n) is 4.10. The molecule has 0 radical (unpaired) electrons. The topological polar surface area (TPSA) is 87.5 Å². The van der Waals surface area contributed by atoms with E-state index in [4.69, 9.17) is 0 Å². The van der Waals surface area contributed by atoms with Crippen molar-refractivity contribution in [2.45, 2.75) is 13.3 Å². The molecule has 4 rings (SSSR count). The van der Waals surface area contributed by atoms with Crippen LogP contribution in [0.15, 0.2) is 24.0 Å². The number of nitrogens with one attached hydrogen (secondary N) is 2. The van der Waals surface area contributed by atoms with Crippen LogP contribution in [0.4, 0.5) is 11.6 Å². The van der Waals surface area contributed by atoms with Crippen molar-refractivity contribution in [2.24, 2.45) is 0 Å². The van der Waals surface area contributed by atoms with Gasteiger partial charge in [0, 0.05) is 43.4 Å². The lowest BCUT2D eigenvalue weighted by Crippen LogP contribution is -2.44. The molecule has 4 heterocycles. The first kappa shape index (κ1) is 16.0. The maximum absolute atomic E-state index is 12.2. The number of rotatable bonds is 4. The maximum atomic E-state index is 12.2. The standard InChI is InChI=1S/C16H19N7OS/c1-11-10-25-16-21-12(9-23(11)16)6-14(24)20-13-7-18-15(19-8-13)22-4-2-17-3-5-22/h7-10,17H,2-6H2,1H3,(H,20,24). The van der Waals surface area contributed by atoms with Crippen LogP contribution in [0.25, 0.3) is 4.96 Å². The monoisotopic (exact) mass is 357 g/mol. The molecule has 0 aliphatic carbocycles. The Balaban J connectivity index is 1.38. The van der Waals surface area contributed by atoms with Gasteiger partial charge in [0.15, 0.2) is 4.96 Å². The van der Waals surface area contributed by atoms with E-state index in [-0.39, 0.29) is 12.3 Å². The molecule has 25 heavy (non-hydrogen) atoms. The molecule has 3 aromatic heterocycles. The zero-order valence-electron chi connectivity index (χ0n) is 13.9. The van der Waals surface area contributed by atoms with Crippen molar-refractivity contribution in [3.8, 4) is 0 Å². The van der Waals surface area contributed by atoms with Crippen LogP contribution in [-0.4, -0.2) is 51.4 Å². The minimum atomic E-state index is -0.123. The first-order valence-electron chi connectivity index (χ1n) is 8.19. The number of thiazole rings is 1. The normalized spacial score (nSPS) is 14.8. The molecule has 1 saturated heterocycles. The lowest BCUT2D eigenvalue weighted by Gasteiger charge is -2.27. The van der Waals surface area contributed by atoms with Crippen LogP contribution in [0.2, 0.25) is 0 Å². The van der Waals surface area contributed by atoms with Gasteiger partial charge in [0.05, 0.1) is 30.2 Å². The van der Waals surface area contributed by atoms with Crippen LogP contribution >= 0.6 is 11.3 Å². The van der Waals surface area contributed by atoms with Crippen molar-refractivity contribution < 1.29 is 4.79 Å². The van der Waals surface area contributed by atoms with E-state index >= 15 is 0 Å². The van der Waals surface area contributed by atoms with Crippen LogP contribution in [0.1, 0.15) is 11.4 Å². The number of hydrogen-bond acceptors (Lipinski definition) is 7. The molecule has 0 aromatic carbocycles. The zero-order chi connectivity index (χ0) is 17.2. The quantitative estimate of drug-likeness (QED) is 0.727. The molecule has 2 N–H and O–H groups in total. The summed E-state index contributed by atoms with van der Waals surface area (Å²) in [7, 11) is 0. The number of nitrogens with zero attached hydrogens (tertiary/aromatic N) is 5. The van der Waals surface area contributed by atoms with Gasteiger partial charge in [-0.3, -0.25) is 9.20 Å². The Hall–Kier alpha value is -2.52. The summed E-state index contributed by atoms with van der Waals surface area (Å²) < 4.78 is 2.00. The van der Waals surface area contributed by atoms with Gasteiger partial charge in [-0.25, -0.2) is 15.0 Å². The maximum Gasteiger partial charge on any atom is 0.230 e. The first-order chi connectivity index (χ1) is 12.2. The number of hydrogen-bond donors (Lipinski definition) is 2. The Morgan fingerprint density at radius 3 is 2.80 bits per heavy atom. The largest absolute Gasteiger partial charge is 0.338 e. The van der Waals surface area contributed by atoms with E-state index in [1.165, 1.54) is 0 Å². The van der Waals surface area contributed by atoms with E-state index in [2.05, 4.69) is 30.5 Å². The van der Waals surface area contributed by atoms with Gasteiger partial charge < -0.3 is 15.5 Å². The Morgan fingerprint density at radius 2 is 2.08 bits per heavy atom. The van der Waals surface area contributed by atoms with E-state index in [9.17, 15) is 4.79 Å². The van der Waals surface area contributed by atoms with Gasteiger partial charge in [-0.05, 0) is 6.92 Å². The Kier molecular flexibility index (Phi) is 4.33. The molecule has 9 heteroatoms. The van der Waals surface area contributed by atoms with Gasteiger partial charge in [0.2, 0.25) is 11.9 Å². The van der Waals surface area contributed by atoms with Crippen molar-refractivity contribution in [3.63, 3.8) is 0 Å². The molecule has 8 nitrogen and oxygen atoms in total. The van der Waals surface area contributed by atoms with Crippen molar-refractivity contribution in [1.82, 2.24) is 24.7 Å². The van der Waals surface area contributed by atoms with Gasteiger partial charge in [-0.1, -0.05) is 0 Å². The highest BCUT2D eigenvalue weighted by Gasteiger charge is 2.14. The first-order valence-corrected chi connectivity index (χ1v) is 9.06. The second kappa shape index (κ2) is 6.77. The number of piperazine rings is 1. The fraction of sp³-hybridized carbons (Fsp3) is 0.375. The average Bonchev–Trinajstić information content (AvgIpc) is 3.18. The third-order valence-corrected chi connectivity index (χ3v) is 5.06. The molecule has 1 aliphatic rings. The molecule has 3 aromatic rings. The fourth-order valence-corrected chi connectivity index (χ4v) is 3.68. The molecule has 1 aliphatic heterocycles. The van der Waals surface area contributed by atoms with Crippen LogP contribution < -0.4 is 15.5 Å². The second-order valence-corrected chi connectivity index (χ2v) is 6.83. The van der Waals surface area contributed by atoms with Gasteiger partial charge in [0.25, 0.3) is 0 Å². The average molecular weight is 357 g/mol. The highest BCUT2D eigenvalue weighted by Crippen LogP contribution is 2.16. The van der Waals surface area contributed by atoms with E-state index in [1.54, 1.807) is 23.7 Å². The molecule has 0 unspecified atom stereocenters. The molecular formula is C16H19N7OS. The smallest absolute Gasteiger partial charge is 0.230 e. The highest BCUT2D eigenvalue weighted by molar-refractivity contribution is 7.15. The number of aromatic nitrogens is 4. The van der Waals surface area contributed by atoms with Crippen molar-refractivity contribution in [2.75, 3.05) is 36.4 Å². The summed E-state index contributed by atoms with van der Waals surface area (Å²) in [5, 5.41) is 8.17. The summed E-state index contributed by atoms with van der Waals surface area (Å²) in [6.07, 6.45) is 5.44. The highest BCUT2D eigenvalue weighted by atomic mass is 32.1. The summed E-state index contributed by atoms with van der Waals surface area (Å²) in [5.41, 5.74) is 2.47. The number of imidazole rings is 1. The zero-order valence-corrected chi connectivity index (χ0v) is 14.7. The van der Waals surface area contributed by atoms with E-state index in [0.717, 1.165) is 42.5 Å². The van der Waals surface area contributed by atoms with Crippen molar-refractivity contribution in [1.29, 1.82) is 0 Å². The Morgan fingerprint density at radius 1 is 1.32 bits per heavy atom. The molecule has 1 fully saturated rings. The summed E-state index contributed by atoms with van der Waals surface area (Å²) in [4.78, 5) is 28.4. The third kappa shape index (κ3) is 3.47. The van der Waals surface area contributed by atoms with Crippen LogP contribution in [0.3, 0.4) is 0 Å². The van der Waals surface area contributed by atoms with E-state index in [0.29, 0.717) is 11.6 Å². The molecule has 0 saturated carbocycles. The summed E-state index contributed by atoms with van der Waals surface area (Å²) in [6.45, 7) is 5.67. The molecule has 0 spiro atoms. The molecule has 0 atom stereocenters. The number of carbonyl (C=O) groups is 1. The SMILES string of the molecule is Cc1csc2nc(CC(=O)Nc3cnc(N4CCNCC4)nc3)cn12. The van der Waals surface area contributed by atoms with E-state index in [1.807, 2.05) is 22.9 Å². The minimum absolute atomic E-state index is 0.123. The number of fused-ring (bicyclic) bond motifs is 1. The predicted molar refractivity (Wildman–Crippen MR) is 97.3 cm³/mol. The van der Waals surface area contributed by atoms with Crippen molar-refractivity contribution in [3.05, 3.63) is 35.4 Å². The minimum Gasteiger partial charge on any atom is -0.338 e. The second-order valence-electron chi connectivity index (χ2n) is 6.00. The number of aryl methyl sites for hydroxylation is 1. The Labute approximate surface area is 148 Å². The van der Waals surface area contributed by atoms with Gasteiger partial charge in [-0.2, -0.15) is 0 Å². The summed E-state index contributed by atoms with van der Waals surface area (Å²) in [6, 6.07) is 0. The lowest BCUT2D eigenvalue weighted by molar-refractivity contribution is -0.115. The van der Waals surface area contributed by atoms with Crippen molar-refractivity contribution >= 4 is 33.8 Å². The molecule has 1 amide bonds. The lowest BCUT2D eigenvalue weighted by atomic mass is 10.3. The predicted octanol–water partition coefficient (Wildman–Crippen LogP) is 1.09.